The molecule has 0 saturated carbocycles. The molecule has 9 heteroatoms. The molecule has 3 heterocycles. The molecule has 5 rings (SSSR count). The van der Waals surface area contributed by atoms with Gasteiger partial charge in [-0.2, -0.15) is 0 Å². The summed E-state index contributed by atoms with van der Waals surface area (Å²) < 4.78 is 31.5. The molecule has 0 N–H and O–H groups in total. The third-order valence-electron chi connectivity index (χ3n) is 7.08. The lowest BCUT2D eigenvalue weighted by atomic mass is 10.1. The third-order valence-corrected chi connectivity index (χ3v) is 7.08. The fraction of sp³-hybridized carbons (Fsp3) is 0.481. The number of nitrogens with zero attached hydrogens (tertiary/aromatic N) is 4. The van der Waals surface area contributed by atoms with Crippen molar-refractivity contribution in [2.75, 3.05) is 58.5 Å². The largest absolute Gasteiger partial charge is 0.493 e. The highest BCUT2D eigenvalue weighted by Gasteiger charge is 2.30. The van der Waals surface area contributed by atoms with Gasteiger partial charge in [-0.05, 0) is 49.2 Å². The van der Waals surface area contributed by atoms with Crippen molar-refractivity contribution in [3.63, 3.8) is 0 Å². The molecule has 1 aromatic heterocycles. The summed E-state index contributed by atoms with van der Waals surface area (Å²) in [5.41, 5.74) is 2.74. The molecular weight excluding hydrogens is 463 g/mol. The van der Waals surface area contributed by atoms with E-state index in [1.165, 1.54) is 0 Å². The van der Waals surface area contributed by atoms with Crippen molar-refractivity contribution in [1.29, 1.82) is 0 Å². The van der Waals surface area contributed by atoms with Gasteiger partial charge in [0.2, 0.25) is 0 Å². The van der Waals surface area contributed by atoms with Gasteiger partial charge in [-0.15, -0.1) is 0 Å². The Bertz CT molecular complexity index is 1290. The Morgan fingerprint density at radius 2 is 1.89 bits per heavy atom. The van der Waals surface area contributed by atoms with E-state index in [4.69, 9.17) is 19.2 Å². The van der Waals surface area contributed by atoms with Crippen LogP contribution >= 0.6 is 0 Å². The van der Waals surface area contributed by atoms with Crippen molar-refractivity contribution < 1.29 is 18.6 Å². The van der Waals surface area contributed by atoms with Gasteiger partial charge in [0.05, 0.1) is 37.8 Å². The monoisotopic (exact) mass is 496 g/mol. The molecule has 2 aromatic carbocycles. The first kappa shape index (κ1) is 24.5. The van der Waals surface area contributed by atoms with Crippen LogP contribution in [-0.4, -0.2) is 80.3 Å². The van der Waals surface area contributed by atoms with Crippen molar-refractivity contribution in [2.45, 2.75) is 32.2 Å². The number of aromatic nitrogens is 2. The average molecular weight is 497 g/mol. The van der Waals surface area contributed by atoms with E-state index < -0.39 is 6.17 Å². The molecule has 0 spiro atoms. The predicted octanol–water partition coefficient (Wildman–Crippen LogP) is 2.82. The molecule has 0 aliphatic carbocycles. The van der Waals surface area contributed by atoms with Gasteiger partial charge in [0, 0.05) is 45.0 Å². The summed E-state index contributed by atoms with van der Waals surface area (Å²) in [6, 6.07) is 11.7. The highest BCUT2D eigenvalue weighted by molar-refractivity contribution is 5.81. The molecular formula is C27H33FN4O4. The quantitative estimate of drug-likeness (QED) is 0.475. The Labute approximate surface area is 210 Å². The summed E-state index contributed by atoms with van der Waals surface area (Å²) in [4.78, 5) is 22.5. The van der Waals surface area contributed by atoms with Crippen LogP contribution in [0.5, 0.6) is 11.5 Å². The van der Waals surface area contributed by atoms with Gasteiger partial charge in [0.1, 0.15) is 12.0 Å². The molecule has 1 atom stereocenters. The van der Waals surface area contributed by atoms with Gasteiger partial charge >= 0.3 is 0 Å². The van der Waals surface area contributed by atoms with E-state index in [1.807, 2.05) is 43.3 Å². The summed E-state index contributed by atoms with van der Waals surface area (Å²) in [7, 11) is 3.22. The van der Waals surface area contributed by atoms with Crippen LogP contribution in [0.25, 0.3) is 10.9 Å². The Kier molecular flexibility index (Phi) is 7.11. The van der Waals surface area contributed by atoms with Crippen LogP contribution in [0.2, 0.25) is 0 Å². The van der Waals surface area contributed by atoms with Crippen LogP contribution in [0.15, 0.2) is 41.2 Å². The fourth-order valence-corrected chi connectivity index (χ4v) is 5.07. The minimum Gasteiger partial charge on any atom is -0.493 e. The van der Waals surface area contributed by atoms with Gasteiger partial charge in [0.15, 0.2) is 11.5 Å². The number of fused-ring (bicyclic) bond motifs is 1. The fourth-order valence-electron chi connectivity index (χ4n) is 5.07. The number of ether oxygens (including phenoxy) is 3. The molecule has 36 heavy (non-hydrogen) atoms. The lowest BCUT2D eigenvalue weighted by molar-refractivity contribution is -0.0202. The first-order valence-electron chi connectivity index (χ1n) is 12.4. The molecule has 192 valence electrons. The summed E-state index contributed by atoms with van der Waals surface area (Å²) >= 11 is 0. The van der Waals surface area contributed by atoms with Gasteiger partial charge in [-0.3, -0.25) is 14.3 Å². The zero-order valence-electron chi connectivity index (χ0n) is 21.1. The second-order valence-corrected chi connectivity index (χ2v) is 9.51. The molecule has 2 saturated heterocycles. The number of benzene rings is 2. The number of hydrogen-bond acceptors (Lipinski definition) is 7. The second kappa shape index (κ2) is 10.4. The van der Waals surface area contributed by atoms with Gasteiger partial charge in [0.25, 0.3) is 5.56 Å². The average Bonchev–Trinajstić information content (AvgIpc) is 2.87. The van der Waals surface area contributed by atoms with Crippen molar-refractivity contribution in [3.05, 3.63) is 58.1 Å². The van der Waals surface area contributed by atoms with Gasteiger partial charge in [-0.1, -0.05) is 6.07 Å². The topological polar surface area (TPSA) is 69.1 Å². The van der Waals surface area contributed by atoms with Crippen LogP contribution in [0.4, 0.5) is 10.1 Å². The Morgan fingerprint density at radius 1 is 1.08 bits per heavy atom. The number of aryl methyl sites for hydroxylation is 2. The Hall–Kier alpha value is -3.17. The molecule has 0 bridgehead atoms. The summed E-state index contributed by atoms with van der Waals surface area (Å²) in [6.45, 7) is 6.26. The number of anilines is 1. The SMILES string of the molecule is COc1ccc(CCn2c(C)nc3cc(N4CCO[C@@H](CN5CC(F)C5)C4)ccc3c2=O)cc1OC. The zero-order valence-corrected chi connectivity index (χ0v) is 21.1. The minimum atomic E-state index is -0.706. The number of hydrogen-bond donors (Lipinski definition) is 0. The van der Waals surface area contributed by atoms with Gasteiger partial charge in [-0.25, -0.2) is 9.37 Å². The summed E-state index contributed by atoms with van der Waals surface area (Å²) in [5.74, 6) is 2.03. The lowest BCUT2D eigenvalue weighted by Crippen LogP contribution is -2.55. The number of halogens is 1. The predicted molar refractivity (Wildman–Crippen MR) is 137 cm³/mol. The Morgan fingerprint density at radius 3 is 2.64 bits per heavy atom. The number of likely N-dealkylation sites (tertiary alicyclic amines) is 1. The number of methoxy groups -OCH3 is 2. The molecule has 0 radical (unpaired) electrons. The van der Waals surface area contributed by atoms with Crippen LogP contribution < -0.4 is 19.9 Å². The van der Waals surface area contributed by atoms with Crippen LogP contribution in [-0.2, 0) is 17.7 Å². The lowest BCUT2D eigenvalue weighted by Gasteiger charge is -2.40. The van der Waals surface area contributed by atoms with E-state index in [9.17, 15) is 9.18 Å². The van der Waals surface area contributed by atoms with Crippen molar-refractivity contribution in [1.82, 2.24) is 14.5 Å². The van der Waals surface area contributed by atoms with Crippen LogP contribution in [0, 0.1) is 6.92 Å². The van der Waals surface area contributed by atoms with Gasteiger partial charge < -0.3 is 19.1 Å². The molecule has 2 fully saturated rings. The smallest absolute Gasteiger partial charge is 0.261 e. The van der Waals surface area contributed by atoms with Crippen molar-refractivity contribution in [2.24, 2.45) is 0 Å². The van der Waals surface area contributed by atoms with E-state index in [0.717, 1.165) is 30.9 Å². The first-order chi connectivity index (χ1) is 17.4. The van der Waals surface area contributed by atoms with E-state index in [2.05, 4.69) is 9.80 Å². The van der Waals surface area contributed by atoms with Crippen molar-refractivity contribution in [3.8, 4) is 11.5 Å². The van der Waals surface area contributed by atoms with E-state index in [1.54, 1.807) is 18.8 Å². The summed E-state index contributed by atoms with van der Waals surface area (Å²) in [5, 5.41) is 0.607. The summed E-state index contributed by atoms with van der Waals surface area (Å²) in [6.07, 6.45) is 0.00521. The Balaban J connectivity index is 1.31. The molecule has 0 unspecified atom stereocenters. The third kappa shape index (κ3) is 5.03. The first-order valence-corrected chi connectivity index (χ1v) is 12.4. The molecule has 2 aliphatic heterocycles. The van der Waals surface area contributed by atoms with Crippen LogP contribution in [0.1, 0.15) is 11.4 Å². The highest BCUT2D eigenvalue weighted by atomic mass is 19.1. The van der Waals surface area contributed by atoms with E-state index in [0.29, 0.717) is 60.9 Å². The van der Waals surface area contributed by atoms with Crippen LogP contribution in [0.3, 0.4) is 0 Å². The molecule has 0 amide bonds. The number of alkyl halides is 1. The maximum Gasteiger partial charge on any atom is 0.261 e. The van der Waals surface area contributed by atoms with E-state index >= 15 is 0 Å². The second-order valence-electron chi connectivity index (χ2n) is 9.51. The maximum atomic E-state index is 13.3. The molecule has 2 aliphatic rings. The zero-order chi connectivity index (χ0) is 25.2. The number of rotatable bonds is 8. The normalized spacial score (nSPS) is 18.9. The van der Waals surface area contributed by atoms with E-state index in [-0.39, 0.29) is 11.7 Å². The maximum absolute atomic E-state index is 13.3. The number of morpholine rings is 1. The molecule has 8 nitrogen and oxygen atoms in total. The highest BCUT2D eigenvalue weighted by Crippen LogP contribution is 2.28. The van der Waals surface area contributed by atoms with Crippen molar-refractivity contribution >= 4 is 16.6 Å². The minimum absolute atomic E-state index is 0.0389. The molecule has 3 aromatic rings. The standard InChI is InChI=1S/C27H33FN4O4/c1-18-29-24-13-21(31-10-11-36-22(17-31)16-30-14-20(28)15-30)5-6-23(24)27(33)32(18)9-8-19-4-7-25(34-2)26(12-19)35-3/h4-7,12-13,20,22H,8-11,14-17H2,1-3H3/t22-/m0/s1.